The van der Waals surface area contributed by atoms with Crippen molar-refractivity contribution in [2.45, 2.75) is 3.79 Å². The standard InChI is InChI=1S/C7H4Cl3F/c8-7(9,10)5-2-1-3-6(11)4-5/h1-4H. The zero-order valence-electron chi connectivity index (χ0n) is 5.32. The molecule has 0 amide bonds. The minimum Gasteiger partial charge on any atom is -0.207 e. The first-order valence-electron chi connectivity index (χ1n) is 2.83. The van der Waals surface area contributed by atoms with Crippen LogP contribution in [0.4, 0.5) is 4.39 Å². The fourth-order valence-corrected chi connectivity index (χ4v) is 1.02. The van der Waals surface area contributed by atoms with E-state index in [-0.39, 0.29) is 0 Å². The van der Waals surface area contributed by atoms with E-state index in [9.17, 15) is 4.39 Å². The molecule has 1 aromatic rings. The molecular formula is C7H4Cl3F. The van der Waals surface area contributed by atoms with Gasteiger partial charge in [0.2, 0.25) is 3.79 Å². The van der Waals surface area contributed by atoms with Crippen LogP contribution in [0.1, 0.15) is 5.56 Å². The van der Waals surface area contributed by atoms with Crippen molar-refractivity contribution in [3.63, 3.8) is 0 Å². The van der Waals surface area contributed by atoms with Crippen LogP contribution in [0, 0.1) is 5.82 Å². The van der Waals surface area contributed by atoms with Crippen molar-refractivity contribution >= 4 is 34.8 Å². The maximum atomic E-state index is 12.5. The Labute approximate surface area is 78.9 Å². The van der Waals surface area contributed by atoms with E-state index in [2.05, 4.69) is 0 Å². The van der Waals surface area contributed by atoms with E-state index in [1.165, 1.54) is 18.2 Å². The van der Waals surface area contributed by atoms with Crippen LogP contribution in [0.15, 0.2) is 24.3 Å². The van der Waals surface area contributed by atoms with Gasteiger partial charge in [-0.25, -0.2) is 4.39 Å². The molecular weight excluding hydrogens is 209 g/mol. The summed E-state index contributed by atoms with van der Waals surface area (Å²) < 4.78 is 11.0. The van der Waals surface area contributed by atoms with Crippen LogP contribution in [0.5, 0.6) is 0 Å². The quantitative estimate of drug-likeness (QED) is 0.577. The molecule has 11 heavy (non-hydrogen) atoms. The zero-order chi connectivity index (χ0) is 8.48. The highest BCUT2D eigenvalue weighted by Gasteiger charge is 2.22. The van der Waals surface area contributed by atoms with Crippen LogP contribution < -0.4 is 0 Å². The second-order valence-corrected chi connectivity index (χ2v) is 4.29. The van der Waals surface area contributed by atoms with Gasteiger partial charge in [0.15, 0.2) is 0 Å². The normalized spacial score (nSPS) is 11.6. The molecule has 1 rings (SSSR count). The van der Waals surface area contributed by atoms with Gasteiger partial charge in [-0.05, 0) is 12.1 Å². The van der Waals surface area contributed by atoms with E-state index >= 15 is 0 Å². The number of alkyl halides is 3. The molecule has 0 heterocycles. The third-order valence-corrected chi connectivity index (χ3v) is 1.81. The van der Waals surface area contributed by atoms with Gasteiger partial charge in [0.25, 0.3) is 0 Å². The third-order valence-electron chi connectivity index (χ3n) is 1.15. The second kappa shape index (κ2) is 3.18. The predicted octanol–water partition coefficient (Wildman–Crippen LogP) is 3.65. The topological polar surface area (TPSA) is 0 Å². The van der Waals surface area contributed by atoms with Crippen molar-refractivity contribution < 1.29 is 4.39 Å². The molecule has 4 heteroatoms. The summed E-state index contributed by atoms with van der Waals surface area (Å²) in [6.45, 7) is 0. The highest BCUT2D eigenvalue weighted by Crippen LogP contribution is 2.37. The van der Waals surface area contributed by atoms with E-state index in [1.807, 2.05) is 0 Å². The smallest absolute Gasteiger partial charge is 0.207 e. The lowest BCUT2D eigenvalue weighted by Gasteiger charge is -2.09. The van der Waals surface area contributed by atoms with Gasteiger partial charge in [-0.3, -0.25) is 0 Å². The average molecular weight is 213 g/mol. The van der Waals surface area contributed by atoms with Gasteiger partial charge >= 0.3 is 0 Å². The Kier molecular flexibility index (Phi) is 2.63. The summed E-state index contributed by atoms with van der Waals surface area (Å²) in [6, 6.07) is 5.52. The number of halogens is 4. The summed E-state index contributed by atoms with van der Waals surface area (Å²) in [6.07, 6.45) is 0. The molecule has 0 aromatic heterocycles. The van der Waals surface area contributed by atoms with Crippen molar-refractivity contribution in [3.8, 4) is 0 Å². The predicted molar refractivity (Wildman–Crippen MR) is 45.6 cm³/mol. The van der Waals surface area contributed by atoms with Crippen LogP contribution in [0.3, 0.4) is 0 Å². The molecule has 0 saturated carbocycles. The van der Waals surface area contributed by atoms with E-state index in [1.54, 1.807) is 6.07 Å². The van der Waals surface area contributed by atoms with Crippen LogP contribution in [0.25, 0.3) is 0 Å². The maximum Gasteiger partial charge on any atom is 0.216 e. The largest absolute Gasteiger partial charge is 0.216 e. The minimum absolute atomic E-state index is 0.336. The molecule has 0 aliphatic rings. The van der Waals surface area contributed by atoms with Gasteiger partial charge < -0.3 is 0 Å². The van der Waals surface area contributed by atoms with Gasteiger partial charge in [0.05, 0.1) is 0 Å². The van der Waals surface area contributed by atoms with Crippen LogP contribution >= 0.6 is 34.8 Å². The first kappa shape index (κ1) is 9.11. The van der Waals surface area contributed by atoms with Gasteiger partial charge in [-0.15, -0.1) is 0 Å². The van der Waals surface area contributed by atoms with E-state index in [4.69, 9.17) is 34.8 Å². The highest BCUT2D eigenvalue weighted by atomic mass is 35.6. The Morgan fingerprint density at radius 2 is 1.82 bits per heavy atom. The Morgan fingerprint density at radius 3 is 2.18 bits per heavy atom. The lowest BCUT2D eigenvalue weighted by atomic mass is 10.2. The van der Waals surface area contributed by atoms with Crippen molar-refractivity contribution in [2.24, 2.45) is 0 Å². The van der Waals surface area contributed by atoms with Crippen molar-refractivity contribution in [3.05, 3.63) is 35.6 Å². The molecule has 0 fully saturated rings. The molecule has 0 aliphatic carbocycles. The van der Waals surface area contributed by atoms with Gasteiger partial charge in [-0.1, -0.05) is 46.9 Å². The molecule has 0 radical (unpaired) electrons. The number of hydrogen-bond acceptors (Lipinski definition) is 0. The van der Waals surface area contributed by atoms with Crippen molar-refractivity contribution in [1.82, 2.24) is 0 Å². The zero-order valence-corrected chi connectivity index (χ0v) is 7.59. The first-order chi connectivity index (χ1) is 5.00. The average Bonchev–Trinajstić information content (AvgIpc) is 1.86. The summed E-state index contributed by atoms with van der Waals surface area (Å²) >= 11 is 16.5. The highest BCUT2D eigenvalue weighted by molar-refractivity contribution is 6.66. The molecule has 0 atom stereocenters. The van der Waals surface area contributed by atoms with E-state index in [0.29, 0.717) is 5.56 Å². The molecule has 0 N–H and O–H groups in total. The lowest BCUT2D eigenvalue weighted by molar-refractivity contribution is 0.626. The SMILES string of the molecule is Fc1cccc(C(Cl)(Cl)Cl)c1. The summed E-state index contributed by atoms with van der Waals surface area (Å²) in [5, 5.41) is 0. The van der Waals surface area contributed by atoms with Gasteiger partial charge in [-0.2, -0.15) is 0 Å². The molecule has 60 valence electrons. The maximum absolute atomic E-state index is 12.5. The molecule has 0 saturated heterocycles. The summed E-state index contributed by atoms with van der Waals surface area (Å²) in [4.78, 5) is 0. The van der Waals surface area contributed by atoms with Gasteiger partial charge in [0.1, 0.15) is 5.82 Å². The fourth-order valence-electron chi connectivity index (χ4n) is 0.665. The van der Waals surface area contributed by atoms with Crippen molar-refractivity contribution in [1.29, 1.82) is 0 Å². The Hall–Kier alpha value is 0.0200. The lowest BCUT2D eigenvalue weighted by Crippen LogP contribution is -1.99. The Morgan fingerprint density at radius 1 is 1.18 bits per heavy atom. The molecule has 1 aromatic carbocycles. The summed E-state index contributed by atoms with van der Waals surface area (Å²) in [5.74, 6) is -0.408. The third kappa shape index (κ3) is 2.51. The monoisotopic (exact) mass is 212 g/mol. The van der Waals surface area contributed by atoms with E-state index < -0.39 is 9.61 Å². The van der Waals surface area contributed by atoms with Crippen LogP contribution in [-0.4, -0.2) is 0 Å². The van der Waals surface area contributed by atoms with Gasteiger partial charge in [0, 0.05) is 5.56 Å². The van der Waals surface area contributed by atoms with E-state index in [0.717, 1.165) is 0 Å². The van der Waals surface area contributed by atoms with Crippen molar-refractivity contribution in [2.75, 3.05) is 0 Å². The molecule has 0 spiro atoms. The molecule has 0 unspecified atom stereocenters. The fraction of sp³-hybridized carbons (Fsp3) is 0.143. The molecule has 0 nitrogen and oxygen atoms in total. The van der Waals surface area contributed by atoms with Crippen LogP contribution in [-0.2, 0) is 3.79 Å². The second-order valence-electron chi connectivity index (χ2n) is 2.01. The molecule has 0 bridgehead atoms. The Balaban J connectivity index is 3.06. The molecule has 0 aliphatic heterocycles. The number of benzene rings is 1. The first-order valence-corrected chi connectivity index (χ1v) is 3.96. The summed E-state index contributed by atoms with van der Waals surface area (Å²) in [7, 11) is 0. The Bertz CT molecular complexity index is 254. The number of rotatable bonds is 0. The minimum atomic E-state index is -1.54. The summed E-state index contributed by atoms with van der Waals surface area (Å²) in [5.41, 5.74) is 0.336. The van der Waals surface area contributed by atoms with Crippen LogP contribution in [0.2, 0.25) is 0 Å². The number of hydrogen-bond donors (Lipinski definition) is 0.